The number of nitrogens with one attached hydrogen (secondary N) is 1. The van der Waals surface area contributed by atoms with Crippen molar-refractivity contribution in [2.75, 3.05) is 5.75 Å². The number of hydrogen-bond donors (Lipinski definition) is 1. The quantitative estimate of drug-likeness (QED) is 0.480. The van der Waals surface area contributed by atoms with Crippen LogP contribution in [0.4, 0.5) is 8.78 Å². The third-order valence-corrected chi connectivity index (χ3v) is 6.69. The van der Waals surface area contributed by atoms with Crippen molar-refractivity contribution in [3.05, 3.63) is 51.6 Å². The number of fused-ring (bicyclic) bond motifs is 1. The molecule has 2 aromatic heterocycles. The van der Waals surface area contributed by atoms with Gasteiger partial charge < -0.3 is 5.32 Å². The van der Waals surface area contributed by atoms with Crippen LogP contribution in [0.2, 0.25) is 0 Å². The number of benzene rings is 1. The number of hydrogen-bond acceptors (Lipinski definition) is 5. The van der Waals surface area contributed by atoms with Gasteiger partial charge in [0.15, 0.2) is 5.16 Å². The Balaban J connectivity index is 1.64. The Kier molecular flexibility index (Phi) is 5.96. The van der Waals surface area contributed by atoms with Crippen molar-refractivity contribution in [1.29, 1.82) is 0 Å². The summed E-state index contributed by atoms with van der Waals surface area (Å²) in [4.78, 5) is 29.8. The van der Waals surface area contributed by atoms with E-state index in [4.69, 9.17) is 0 Å². The van der Waals surface area contributed by atoms with E-state index in [2.05, 4.69) is 10.3 Å². The second-order valence-electron chi connectivity index (χ2n) is 6.99. The number of nitrogens with zero attached hydrogens (tertiary/aromatic N) is 2. The van der Waals surface area contributed by atoms with E-state index in [1.807, 2.05) is 0 Å². The topological polar surface area (TPSA) is 64.0 Å². The fourth-order valence-electron chi connectivity index (χ4n) is 3.53. The van der Waals surface area contributed by atoms with Gasteiger partial charge in [-0.1, -0.05) is 31.0 Å². The van der Waals surface area contributed by atoms with E-state index in [9.17, 15) is 18.4 Å². The third kappa shape index (κ3) is 4.51. The molecule has 4 rings (SSSR count). The van der Waals surface area contributed by atoms with Gasteiger partial charge in [-0.25, -0.2) is 13.8 Å². The molecule has 0 aliphatic heterocycles. The molecule has 0 spiro atoms. The van der Waals surface area contributed by atoms with Crippen molar-refractivity contribution in [2.45, 2.75) is 43.3 Å². The summed E-state index contributed by atoms with van der Waals surface area (Å²) in [5, 5.41) is 4.98. The number of carbonyl (C=O) groups is 1. The summed E-state index contributed by atoms with van der Waals surface area (Å²) in [6, 6.07) is 4.80. The number of amides is 1. The minimum absolute atomic E-state index is 0.0467. The molecule has 3 aromatic rings. The summed E-state index contributed by atoms with van der Waals surface area (Å²) >= 11 is 2.30. The predicted molar refractivity (Wildman–Crippen MR) is 111 cm³/mol. The van der Waals surface area contributed by atoms with Gasteiger partial charge in [0.1, 0.15) is 16.3 Å². The summed E-state index contributed by atoms with van der Waals surface area (Å²) in [5.74, 6) is -1.65. The van der Waals surface area contributed by atoms with Crippen molar-refractivity contribution in [1.82, 2.24) is 14.9 Å². The van der Waals surface area contributed by atoms with Crippen LogP contribution in [0.1, 0.15) is 32.1 Å². The molecule has 1 fully saturated rings. The Bertz CT molecular complexity index is 1090. The van der Waals surface area contributed by atoms with Crippen molar-refractivity contribution in [3.63, 3.8) is 0 Å². The van der Waals surface area contributed by atoms with Gasteiger partial charge in [0.05, 0.1) is 17.0 Å². The molecule has 0 saturated heterocycles. The number of thioether (sulfide) groups is 1. The maximum absolute atomic E-state index is 13.8. The van der Waals surface area contributed by atoms with Gasteiger partial charge in [-0.15, -0.1) is 11.3 Å². The van der Waals surface area contributed by atoms with Crippen molar-refractivity contribution in [3.8, 4) is 5.69 Å². The molecule has 2 heterocycles. The van der Waals surface area contributed by atoms with Crippen LogP contribution in [0.15, 0.2) is 39.6 Å². The largest absolute Gasteiger partial charge is 0.353 e. The summed E-state index contributed by atoms with van der Waals surface area (Å²) in [6.45, 7) is 0. The number of carbonyl (C=O) groups excluding carboxylic acids is 1. The molecule has 0 radical (unpaired) electrons. The standard InChI is InChI=1S/C20H19F2N3O2S2/c21-12-8-13(22)10-15(9-12)25-19(27)18-16(6-7-28-18)24-20(25)29-11-17(26)23-14-4-2-1-3-5-14/h6-10,14H,1-5,11H2,(H,23,26). The van der Waals surface area contributed by atoms with Crippen LogP contribution < -0.4 is 10.9 Å². The monoisotopic (exact) mass is 435 g/mol. The van der Waals surface area contributed by atoms with Crippen LogP contribution in [-0.4, -0.2) is 27.3 Å². The van der Waals surface area contributed by atoms with E-state index in [0.717, 1.165) is 55.6 Å². The first kappa shape index (κ1) is 20.0. The minimum atomic E-state index is -0.788. The van der Waals surface area contributed by atoms with Crippen LogP contribution in [0, 0.1) is 11.6 Å². The maximum Gasteiger partial charge on any atom is 0.276 e. The van der Waals surface area contributed by atoms with E-state index >= 15 is 0 Å². The molecule has 0 bridgehead atoms. The SMILES string of the molecule is O=C(CSc1nc2ccsc2c(=O)n1-c1cc(F)cc(F)c1)NC1CCCCC1. The highest BCUT2D eigenvalue weighted by atomic mass is 32.2. The smallest absolute Gasteiger partial charge is 0.276 e. The Morgan fingerprint density at radius 2 is 1.93 bits per heavy atom. The molecule has 1 aromatic carbocycles. The Labute approximate surface area is 174 Å². The highest BCUT2D eigenvalue weighted by molar-refractivity contribution is 7.99. The number of thiophene rings is 1. The van der Waals surface area contributed by atoms with Gasteiger partial charge in [0, 0.05) is 12.1 Å². The first-order valence-corrected chi connectivity index (χ1v) is 11.3. The molecule has 1 amide bonds. The highest BCUT2D eigenvalue weighted by Crippen LogP contribution is 2.25. The van der Waals surface area contributed by atoms with Crippen LogP contribution >= 0.6 is 23.1 Å². The molecule has 5 nitrogen and oxygen atoms in total. The van der Waals surface area contributed by atoms with Gasteiger partial charge in [0.2, 0.25) is 5.91 Å². The summed E-state index contributed by atoms with van der Waals surface area (Å²) in [5.41, 5.74) is 0.138. The van der Waals surface area contributed by atoms with Crippen molar-refractivity contribution in [2.24, 2.45) is 0 Å². The van der Waals surface area contributed by atoms with Crippen LogP contribution in [0.5, 0.6) is 0 Å². The fourth-order valence-corrected chi connectivity index (χ4v) is 5.11. The van der Waals surface area contributed by atoms with Gasteiger partial charge >= 0.3 is 0 Å². The van der Waals surface area contributed by atoms with Gasteiger partial charge in [-0.3, -0.25) is 14.2 Å². The number of aromatic nitrogens is 2. The average molecular weight is 436 g/mol. The molecule has 1 saturated carbocycles. The molecule has 0 unspecified atom stereocenters. The molecular weight excluding hydrogens is 416 g/mol. The zero-order valence-electron chi connectivity index (χ0n) is 15.5. The molecule has 1 aliphatic rings. The second kappa shape index (κ2) is 8.62. The summed E-state index contributed by atoms with van der Waals surface area (Å²) in [6.07, 6.45) is 5.37. The van der Waals surface area contributed by atoms with Crippen LogP contribution in [-0.2, 0) is 4.79 Å². The van der Waals surface area contributed by atoms with E-state index in [1.165, 1.54) is 22.3 Å². The van der Waals surface area contributed by atoms with Gasteiger partial charge in [0.25, 0.3) is 5.56 Å². The maximum atomic E-state index is 13.8. The minimum Gasteiger partial charge on any atom is -0.353 e. The highest BCUT2D eigenvalue weighted by Gasteiger charge is 2.19. The molecule has 152 valence electrons. The first-order chi connectivity index (χ1) is 14.0. The lowest BCUT2D eigenvalue weighted by Gasteiger charge is -2.22. The average Bonchev–Trinajstić information content (AvgIpc) is 3.15. The lowest BCUT2D eigenvalue weighted by atomic mass is 9.95. The second-order valence-corrected chi connectivity index (χ2v) is 8.85. The van der Waals surface area contributed by atoms with Gasteiger partial charge in [-0.05, 0) is 36.4 Å². The number of rotatable bonds is 5. The molecule has 29 heavy (non-hydrogen) atoms. The normalized spacial score (nSPS) is 15.0. The summed E-state index contributed by atoms with van der Waals surface area (Å²) in [7, 11) is 0. The molecular formula is C20H19F2N3O2S2. The summed E-state index contributed by atoms with van der Waals surface area (Å²) < 4.78 is 29.1. The molecule has 0 atom stereocenters. The predicted octanol–water partition coefficient (Wildman–Crippen LogP) is 4.27. The third-order valence-electron chi connectivity index (χ3n) is 4.86. The zero-order chi connectivity index (χ0) is 20.4. The molecule has 1 N–H and O–H groups in total. The van der Waals surface area contributed by atoms with Crippen LogP contribution in [0.25, 0.3) is 15.9 Å². The van der Waals surface area contributed by atoms with Gasteiger partial charge in [-0.2, -0.15) is 0 Å². The van der Waals surface area contributed by atoms with Crippen molar-refractivity contribution >= 4 is 39.2 Å². The molecule has 9 heteroatoms. The van der Waals surface area contributed by atoms with E-state index in [1.54, 1.807) is 11.4 Å². The Morgan fingerprint density at radius 1 is 1.21 bits per heavy atom. The van der Waals surface area contributed by atoms with E-state index in [0.29, 0.717) is 10.2 Å². The number of halogens is 2. The zero-order valence-corrected chi connectivity index (χ0v) is 17.1. The van der Waals surface area contributed by atoms with Crippen LogP contribution in [0.3, 0.4) is 0 Å². The Hall–Kier alpha value is -2.26. The first-order valence-electron chi connectivity index (χ1n) is 9.40. The van der Waals surface area contributed by atoms with Crippen molar-refractivity contribution < 1.29 is 13.6 Å². The molecule has 1 aliphatic carbocycles. The van der Waals surface area contributed by atoms with E-state index < -0.39 is 17.2 Å². The van der Waals surface area contributed by atoms with E-state index in [-0.39, 0.29) is 28.5 Å². The lowest BCUT2D eigenvalue weighted by molar-refractivity contribution is -0.119. The lowest BCUT2D eigenvalue weighted by Crippen LogP contribution is -2.37. The Morgan fingerprint density at radius 3 is 2.66 bits per heavy atom. The fraction of sp³-hybridized carbons (Fsp3) is 0.350.